The number of benzene rings is 5. The highest BCUT2D eigenvalue weighted by atomic mass is 19.4. The molecule has 0 radical (unpaired) electrons. The SMILES string of the molecule is FC(F)(F)c1ccccc1-c1cn(CCCOc2cccc3ccccc23)c2ccc(OCc3ccccc3)cc12. The molecule has 6 rings (SSSR count). The lowest BCUT2D eigenvalue weighted by molar-refractivity contribution is -0.137. The van der Waals surface area contributed by atoms with Crippen LogP contribution in [0.5, 0.6) is 11.5 Å². The molecule has 0 bridgehead atoms. The van der Waals surface area contributed by atoms with Crippen molar-refractivity contribution in [1.82, 2.24) is 4.57 Å². The number of hydrogen-bond acceptors (Lipinski definition) is 2. The molecule has 0 saturated carbocycles. The van der Waals surface area contributed by atoms with E-state index < -0.39 is 11.7 Å². The highest BCUT2D eigenvalue weighted by Gasteiger charge is 2.34. The van der Waals surface area contributed by atoms with Crippen LogP contribution >= 0.6 is 0 Å². The fraction of sp³-hybridized carbons (Fsp3) is 0.143. The first kappa shape index (κ1) is 26.5. The Balaban J connectivity index is 1.29. The summed E-state index contributed by atoms with van der Waals surface area (Å²) in [5.41, 5.74) is 1.87. The number of fused-ring (bicyclic) bond motifs is 2. The van der Waals surface area contributed by atoms with Crippen LogP contribution in [0.15, 0.2) is 121 Å². The molecule has 0 spiro atoms. The van der Waals surface area contributed by atoms with Gasteiger partial charge in [0, 0.05) is 34.6 Å². The van der Waals surface area contributed by atoms with Crippen molar-refractivity contribution in [2.75, 3.05) is 6.61 Å². The molecule has 1 heterocycles. The van der Waals surface area contributed by atoms with Crippen LogP contribution in [0.25, 0.3) is 32.8 Å². The number of rotatable bonds is 9. The van der Waals surface area contributed by atoms with Crippen LogP contribution in [0.2, 0.25) is 0 Å². The fourth-order valence-electron chi connectivity index (χ4n) is 5.21. The minimum atomic E-state index is -4.47. The van der Waals surface area contributed by atoms with E-state index >= 15 is 0 Å². The molecule has 0 fully saturated rings. The first-order valence-electron chi connectivity index (χ1n) is 13.5. The maximum absolute atomic E-state index is 14.0. The quantitative estimate of drug-likeness (QED) is 0.167. The summed E-state index contributed by atoms with van der Waals surface area (Å²) in [5.74, 6) is 1.42. The van der Waals surface area contributed by atoms with Gasteiger partial charge in [0.05, 0.1) is 12.2 Å². The molecule has 0 saturated heterocycles. The highest BCUT2D eigenvalue weighted by molar-refractivity contribution is 5.98. The van der Waals surface area contributed by atoms with Crippen molar-refractivity contribution in [2.45, 2.75) is 25.7 Å². The molecule has 0 atom stereocenters. The van der Waals surface area contributed by atoms with Gasteiger partial charge in [-0.3, -0.25) is 0 Å². The van der Waals surface area contributed by atoms with Crippen LogP contribution in [0.4, 0.5) is 13.2 Å². The normalized spacial score (nSPS) is 11.7. The molecule has 0 aliphatic heterocycles. The fourth-order valence-corrected chi connectivity index (χ4v) is 5.21. The zero-order valence-corrected chi connectivity index (χ0v) is 22.3. The number of aromatic nitrogens is 1. The van der Waals surface area contributed by atoms with Crippen molar-refractivity contribution < 1.29 is 22.6 Å². The van der Waals surface area contributed by atoms with Gasteiger partial charge in [-0.2, -0.15) is 13.2 Å². The first-order valence-corrected chi connectivity index (χ1v) is 13.5. The van der Waals surface area contributed by atoms with Gasteiger partial charge in [0.15, 0.2) is 0 Å². The Bertz CT molecular complexity index is 1790. The van der Waals surface area contributed by atoms with E-state index in [1.807, 2.05) is 102 Å². The van der Waals surface area contributed by atoms with E-state index in [1.165, 1.54) is 12.1 Å². The van der Waals surface area contributed by atoms with Gasteiger partial charge in [-0.15, -0.1) is 0 Å². The Morgan fingerprint density at radius 1 is 0.659 bits per heavy atom. The average molecular weight is 552 g/mol. The first-order chi connectivity index (χ1) is 20.0. The molecule has 1 aromatic heterocycles. The second-order valence-corrected chi connectivity index (χ2v) is 9.91. The summed E-state index contributed by atoms with van der Waals surface area (Å²) in [7, 11) is 0. The second kappa shape index (κ2) is 11.4. The number of nitrogens with zero attached hydrogens (tertiary/aromatic N) is 1. The van der Waals surface area contributed by atoms with E-state index in [4.69, 9.17) is 9.47 Å². The Morgan fingerprint density at radius 2 is 1.41 bits per heavy atom. The predicted molar refractivity (Wildman–Crippen MR) is 157 cm³/mol. The third kappa shape index (κ3) is 5.78. The lowest BCUT2D eigenvalue weighted by Gasteiger charge is -2.12. The summed E-state index contributed by atoms with van der Waals surface area (Å²) >= 11 is 0. The number of alkyl halides is 3. The standard InChI is InChI=1S/C35H28F3NO2/c36-35(37,38)32-16-7-6-15-29(32)31-23-39(20-9-21-40-34-17-8-13-26-12-4-5-14-28(26)34)33-19-18-27(22-30(31)33)41-24-25-10-2-1-3-11-25/h1-8,10-19,22-23H,9,20-21,24H2. The lowest BCUT2D eigenvalue weighted by atomic mass is 9.99. The summed E-state index contributed by atoms with van der Waals surface area (Å²) in [6.45, 7) is 1.42. The van der Waals surface area contributed by atoms with Crippen LogP contribution in [-0.2, 0) is 19.3 Å². The van der Waals surface area contributed by atoms with Gasteiger partial charge in [-0.05, 0) is 53.3 Å². The summed E-state index contributed by atoms with van der Waals surface area (Å²) < 4.78 is 56.2. The molecule has 0 aliphatic carbocycles. The maximum atomic E-state index is 14.0. The van der Waals surface area contributed by atoms with Crippen LogP contribution < -0.4 is 9.47 Å². The molecular formula is C35H28F3NO2. The lowest BCUT2D eigenvalue weighted by Crippen LogP contribution is -2.06. The van der Waals surface area contributed by atoms with Crippen LogP contribution in [0.1, 0.15) is 17.5 Å². The Labute approximate surface area is 236 Å². The molecule has 41 heavy (non-hydrogen) atoms. The Hall–Kier alpha value is -4.71. The number of aryl methyl sites for hydroxylation is 1. The van der Waals surface area contributed by atoms with Crippen LogP contribution in [0.3, 0.4) is 0 Å². The number of ether oxygens (including phenoxy) is 2. The minimum absolute atomic E-state index is 0.149. The van der Waals surface area contributed by atoms with E-state index in [9.17, 15) is 13.2 Å². The average Bonchev–Trinajstić information content (AvgIpc) is 3.36. The molecule has 0 amide bonds. The minimum Gasteiger partial charge on any atom is -0.493 e. The number of halogens is 3. The molecule has 6 aromatic rings. The van der Waals surface area contributed by atoms with Crippen molar-refractivity contribution in [3.05, 3.63) is 133 Å². The van der Waals surface area contributed by atoms with Crippen molar-refractivity contribution >= 4 is 21.7 Å². The highest BCUT2D eigenvalue weighted by Crippen LogP contribution is 2.41. The Kier molecular flexibility index (Phi) is 7.38. The molecule has 206 valence electrons. The third-order valence-corrected chi connectivity index (χ3v) is 7.17. The third-order valence-electron chi connectivity index (χ3n) is 7.17. The maximum Gasteiger partial charge on any atom is 0.417 e. The molecule has 0 N–H and O–H groups in total. The van der Waals surface area contributed by atoms with Crippen molar-refractivity contribution in [2.24, 2.45) is 0 Å². The van der Waals surface area contributed by atoms with Gasteiger partial charge < -0.3 is 14.0 Å². The monoisotopic (exact) mass is 551 g/mol. The van der Waals surface area contributed by atoms with Gasteiger partial charge in [-0.1, -0.05) is 84.9 Å². The van der Waals surface area contributed by atoms with Crippen molar-refractivity contribution in [3.8, 4) is 22.6 Å². The smallest absolute Gasteiger partial charge is 0.417 e. The zero-order chi connectivity index (χ0) is 28.2. The summed E-state index contributed by atoms with van der Waals surface area (Å²) in [5, 5.41) is 2.87. The van der Waals surface area contributed by atoms with Gasteiger partial charge >= 0.3 is 6.18 Å². The van der Waals surface area contributed by atoms with E-state index in [-0.39, 0.29) is 5.56 Å². The van der Waals surface area contributed by atoms with Gasteiger partial charge in [0.25, 0.3) is 0 Å². The van der Waals surface area contributed by atoms with E-state index in [1.54, 1.807) is 6.07 Å². The second-order valence-electron chi connectivity index (χ2n) is 9.91. The summed E-state index contributed by atoms with van der Waals surface area (Å²) in [4.78, 5) is 0. The van der Waals surface area contributed by atoms with Crippen LogP contribution in [0, 0.1) is 0 Å². The summed E-state index contributed by atoms with van der Waals surface area (Å²) in [6.07, 6.45) is -1.98. The van der Waals surface area contributed by atoms with Crippen molar-refractivity contribution in [1.29, 1.82) is 0 Å². The molecule has 0 aliphatic rings. The van der Waals surface area contributed by atoms with Gasteiger partial charge in [-0.25, -0.2) is 0 Å². The predicted octanol–water partition coefficient (Wildman–Crippen LogP) is 9.53. The number of hydrogen-bond donors (Lipinski definition) is 0. The Morgan fingerprint density at radius 3 is 2.27 bits per heavy atom. The molecule has 3 nitrogen and oxygen atoms in total. The van der Waals surface area contributed by atoms with E-state index in [0.717, 1.165) is 33.7 Å². The van der Waals surface area contributed by atoms with Crippen LogP contribution in [-0.4, -0.2) is 11.2 Å². The largest absolute Gasteiger partial charge is 0.493 e. The van der Waals surface area contributed by atoms with E-state index in [2.05, 4.69) is 0 Å². The molecule has 6 heteroatoms. The van der Waals surface area contributed by atoms with E-state index in [0.29, 0.717) is 42.9 Å². The van der Waals surface area contributed by atoms with Gasteiger partial charge in [0.2, 0.25) is 0 Å². The summed E-state index contributed by atoms with van der Waals surface area (Å²) in [6, 6.07) is 35.2. The zero-order valence-electron chi connectivity index (χ0n) is 22.3. The molecule has 0 unspecified atom stereocenters. The van der Waals surface area contributed by atoms with Gasteiger partial charge in [0.1, 0.15) is 18.1 Å². The molecule has 5 aromatic carbocycles. The topological polar surface area (TPSA) is 23.4 Å². The molecular weight excluding hydrogens is 523 g/mol. The van der Waals surface area contributed by atoms with Crippen molar-refractivity contribution in [3.63, 3.8) is 0 Å².